The molecule has 0 heterocycles. The van der Waals surface area contributed by atoms with Crippen LogP contribution in [0.5, 0.6) is 0 Å². The lowest BCUT2D eigenvalue weighted by molar-refractivity contribution is -0.384. The molecule has 6 nitrogen and oxygen atoms in total. The first-order valence-electron chi connectivity index (χ1n) is 7.73. The number of hydrogen-bond donors (Lipinski definition) is 2. The summed E-state index contributed by atoms with van der Waals surface area (Å²) in [6.45, 7) is 6.26. The first-order valence-corrected chi connectivity index (χ1v) is 7.73. The second-order valence-electron chi connectivity index (χ2n) is 5.77. The van der Waals surface area contributed by atoms with Crippen molar-refractivity contribution in [2.75, 3.05) is 17.2 Å². The van der Waals surface area contributed by atoms with Crippen LogP contribution in [0.3, 0.4) is 0 Å². The molecule has 0 aliphatic rings. The Morgan fingerprint density at radius 1 is 1.12 bits per heavy atom. The maximum atomic E-state index is 12.1. The Balaban J connectivity index is 1.94. The van der Waals surface area contributed by atoms with E-state index in [1.54, 1.807) is 18.2 Å². The van der Waals surface area contributed by atoms with E-state index in [9.17, 15) is 14.9 Å². The van der Waals surface area contributed by atoms with Gasteiger partial charge in [0.1, 0.15) is 5.69 Å². The van der Waals surface area contributed by atoms with Gasteiger partial charge in [0.15, 0.2) is 0 Å². The van der Waals surface area contributed by atoms with Crippen molar-refractivity contribution in [2.24, 2.45) is 0 Å². The molecule has 126 valence electrons. The number of nitro benzene ring substituents is 1. The average molecular weight is 327 g/mol. The molecule has 0 aliphatic heterocycles. The van der Waals surface area contributed by atoms with Crippen LogP contribution < -0.4 is 10.6 Å². The summed E-state index contributed by atoms with van der Waals surface area (Å²) in [6, 6.07) is 10.4. The predicted octanol–water partition coefficient (Wildman–Crippen LogP) is 3.96. The average Bonchev–Trinajstić information content (AvgIpc) is 2.51. The molecule has 0 bridgehead atoms. The van der Waals surface area contributed by atoms with Crippen molar-refractivity contribution in [3.05, 3.63) is 63.2 Å². The molecule has 0 atom stereocenters. The van der Waals surface area contributed by atoms with Crippen LogP contribution >= 0.6 is 0 Å². The van der Waals surface area contributed by atoms with Crippen LogP contribution in [0.15, 0.2) is 36.4 Å². The summed E-state index contributed by atoms with van der Waals surface area (Å²) in [5, 5.41) is 16.8. The Labute approximate surface area is 141 Å². The molecule has 0 saturated heterocycles. The van der Waals surface area contributed by atoms with E-state index in [4.69, 9.17) is 0 Å². The number of nitrogens with one attached hydrogen (secondary N) is 2. The maximum Gasteiger partial charge on any atom is 0.292 e. The standard InChI is InChI=1S/C18H21N3O3/c1-12-10-13(2)18(14(3)11-12)20-17(22)8-9-19-15-6-4-5-7-16(15)21(23)24/h4-7,10-11,19H,8-9H2,1-3H3,(H,20,22). The molecule has 0 radical (unpaired) electrons. The van der Waals surface area contributed by atoms with E-state index in [2.05, 4.69) is 10.6 Å². The quantitative estimate of drug-likeness (QED) is 0.621. The highest BCUT2D eigenvalue weighted by Crippen LogP contribution is 2.24. The van der Waals surface area contributed by atoms with Gasteiger partial charge in [0, 0.05) is 24.7 Å². The number of amides is 1. The lowest BCUT2D eigenvalue weighted by Gasteiger charge is -2.13. The number of benzene rings is 2. The third kappa shape index (κ3) is 4.32. The minimum atomic E-state index is -0.443. The number of carbonyl (C=O) groups is 1. The SMILES string of the molecule is Cc1cc(C)c(NC(=O)CCNc2ccccc2[N+](=O)[O-])c(C)c1. The largest absolute Gasteiger partial charge is 0.379 e. The highest BCUT2D eigenvalue weighted by atomic mass is 16.6. The van der Waals surface area contributed by atoms with Crippen LogP contribution in [0, 0.1) is 30.9 Å². The molecule has 0 spiro atoms. The van der Waals surface area contributed by atoms with E-state index in [0.29, 0.717) is 12.2 Å². The molecule has 0 saturated carbocycles. The van der Waals surface area contributed by atoms with E-state index in [0.717, 1.165) is 22.4 Å². The number of para-hydroxylation sites is 2. The molecule has 0 fully saturated rings. The molecule has 24 heavy (non-hydrogen) atoms. The number of hydrogen-bond acceptors (Lipinski definition) is 4. The fourth-order valence-corrected chi connectivity index (χ4v) is 2.67. The predicted molar refractivity (Wildman–Crippen MR) is 95.5 cm³/mol. The van der Waals surface area contributed by atoms with E-state index in [-0.39, 0.29) is 18.0 Å². The summed E-state index contributed by atoms with van der Waals surface area (Å²) >= 11 is 0. The summed E-state index contributed by atoms with van der Waals surface area (Å²) in [5.74, 6) is -0.129. The Morgan fingerprint density at radius 2 is 1.75 bits per heavy atom. The number of anilines is 2. The van der Waals surface area contributed by atoms with Crippen molar-refractivity contribution >= 4 is 23.0 Å². The monoisotopic (exact) mass is 327 g/mol. The molecule has 0 unspecified atom stereocenters. The molecular formula is C18H21N3O3. The van der Waals surface area contributed by atoms with Gasteiger partial charge in [-0.3, -0.25) is 14.9 Å². The molecule has 0 aromatic heterocycles. The fourth-order valence-electron chi connectivity index (χ4n) is 2.67. The molecule has 0 aliphatic carbocycles. The van der Waals surface area contributed by atoms with Crippen molar-refractivity contribution in [1.29, 1.82) is 0 Å². The van der Waals surface area contributed by atoms with Gasteiger partial charge in [0.05, 0.1) is 4.92 Å². The van der Waals surface area contributed by atoms with Crippen LogP contribution in [0.25, 0.3) is 0 Å². The summed E-state index contributed by atoms with van der Waals surface area (Å²) in [4.78, 5) is 22.6. The Morgan fingerprint density at radius 3 is 2.38 bits per heavy atom. The normalized spacial score (nSPS) is 10.3. The van der Waals surface area contributed by atoms with Crippen LogP contribution in [0.1, 0.15) is 23.1 Å². The minimum Gasteiger partial charge on any atom is -0.379 e. The van der Waals surface area contributed by atoms with Crippen LogP contribution in [0.2, 0.25) is 0 Å². The van der Waals surface area contributed by atoms with Crippen molar-refractivity contribution < 1.29 is 9.72 Å². The molecule has 6 heteroatoms. The molecule has 2 rings (SSSR count). The number of rotatable bonds is 6. The van der Waals surface area contributed by atoms with Crippen LogP contribution in [0.4, 0.5) is 17.1 Å². The zero-order valence-electron chi connectivity index (χ0n) is 14.1. The lowest BCUT2D eigenvalue weighted by atomic mass is 10.1. The van der Waals surface area contributed by atoms with Crippen LogP contribution in [-0.2, 0) is 4.79 Å². The van der Waals surface area contributed by atoms with Crippen molar-refractivity contribution in [1.82, 2.24) is 0 Å². The first kappa shape index (κ1) is 17.5. The number of nitro groups is 1. The van der Waals surface area contributed by atoms with Gasteiger partial charge in [-0.05, 0) is 38.0 Å². The van der Waals surface area contributed by atoms with Gasteiger partial charge in [0.25, 0.3) is 5.69 Å². The van der Waals surface area contributed by atoms with Gasteiger partial charge in [-0.25, -0.2) is 0 Å². The lowest BCUT2D eigenvalue weighted by Crippen LogP contribution is -2.17. The van der Waals surface area contributed by atoms with Gasteiger partial charge in [0.2, 0.25) is 5.91 Å². The summed E-state index contributed by atoms with van der Waals surface area (Å²) in [6.07, 6.45) is 0.221. The summed E-state index contributed by atoms with van der Waals surface area (Å²) in [7, 11) is 0. The van der Waals surface area contributed by atoms with E-state index in [1.807, 2.05) is 32.9 Å². The second kappa shape index (κ2) is 7.59. The number of nitrogens with zero attached hydrogens (tertiary/aromatic N) is 1. The Bertz CT molecular complexity index is 749. The Hall–Kier alpha value is -2.89. The molecule has 1 amide bonds. The highest BCUT2D eigenvalue weighted by molar-refractivity contribution is 5.92. The molecule has 2 aromatic rings. The molecule has 2 N–H and O–H groups in total. The zero-order chi connectivity index (χ0) is 17.7. The van der Waals surface area contributed by atoms with Crippen molar-refractivity contribution in [2.45, 2.75) is 27.2 Å². The topological polar surface area (TPSA) is 84.3 Å². The maximum absolute atomic E-state index is 12.1. The minimum absolute atomic E-state index is 0.00290. The fraction of sp³-hybridized carbons (Fsp3) is 0.278. The van der Waals surface area contributed by atoms with E-state index < -0.39 is 4.92 Å². The van der Waals surface area contributed by atoms with Crippen LogP contribution in [-0.4, -0.2) is 17.4 Å². The second-order valence-corrected chi connectivity index (χ2v) is 5.77. The van der Waals surface area contributed by atoms with Crippen molar-refractivity contribution in [3.8, 4) is 0 Å². The number of carbonyl (C=O) groups excluding carboxylic acids is 1. The summed E-state index contributed by atoms with van der Waals surface area (Å²) in [5.41, 5.74) is 4.44. The summed E-state index contributed by atoms with van der Waals surface area (Å²) < 4.78 is 0. The van der Waals surface area contributed by atoms with Gasteiger partial charge in [-0.1, -0.05) is 29.8 Å². The molecule has 2 aromatic carbocycles. The van der Waals surface area contributed by atoms with Crippen molar-refractivity contribution in [3.63, 3.8) is 0 Å². The molecular weight excluding hydrogens is 306 g/mol. The van der Waals surface area contributed by atoms with E-state index in [1.165, 1.54) is 6.07 Å². The highest BCUT2D eigenvalue weighted by Gasteiger charge is 2.12. The number of aryl methyl sites for hydroxylation is 3. The van der Waals surface area contributed by atoms with Gasteiger partial charge in [-0.2, -0.15) is 0 Å². The third-order valence-electron chi connectivity index (χ3n) is 3.71. The smallest absolute Gasteiger partial charge is 0.292 e. The van der Waals surface area contributed by atoms with Gasteiger partial charge >= 0.3 is 0 Å². The third-order valence-corrected chi connectivity index (χ3v) is 3.71. The van der Waals surface area contributed by atoms with E-state index >= 15 is 0 Å². The zero-order valence-corrected chi connectivity index (χ0v) is 14.1. The first-order chi connectivity index (χ1) is 11.4. The van der Waals surface area contributed by atoms with Gasteiger partial charge in [-0.15, -0.1) is 0 Å². The van der Waals surface area contributed by atoms with Gasteiger partial charge < -0.3 is 10.6 Å². The Kier molecular flexibility index (Phi) is 5.52.